The normalized spacial score (nSPS) is 21.6. The van der Waals surface area contributed by atoms with Crippen molar-refractivity contribution in [3.8, 4) is 5.75 Å². The lowest BCUT2D eigenvalue weighted by Gasteiger charge is -2.30. The van der Waals surface area contributed by atoms with Crippen LogP contribution in [-0.4, -0.2) is 0 Å². The maximum Gasteiger partial charge on any atom is 0.137 e. The second-order valence-electron chi connectivity index (χ2n) is 4.66. The fourth-order valence-corrected chi connectivity index (χ4v) is 2.77. The van der Waals surface area contributed by atoms with Crippen molar-refractivity contribution in [2.24, 2.45) is 5.73 Å². The summed E-state index contributed by atoms with van der Waals surface area (Å²) in [7, 11) is 0. The number of para-hydroxylation sites is 1. The van der Waals surface area contributed by atoms with Crippen LogP contribution in [0.2, 0.25) is 0 Å². The highest BCUT2D eigenvalue weighted by Crippen LogP contribution is 2.39. The van der Waals surface area contributed by atoms with Gasteiger partial charge in [0.2, 0.25) is 0 Å². The Kier molecular flexibility index (Phi) is 3.29. The standard InChI is InChI=1S/C15H13BrFNO/c16-11-7-9(5-6-12(11)17)15-8-13(18)10-3-1-2-4-14(10)19-15/h1-7,13,15H,8,18H2/t13-,15?/m0/s1. The fourth-order valence-electron chi connectivity index (χ4n) is 2.37. The summed E-state index contributed by atoms with van der Waals surface area (Å²) in [5, 5.41) is 0. The van der Waals surface area contributed by atoms with Crippen LogP contribution < -0.4 is 10.5 Å². The van der Waals surface area contributed by atoms with Crippen LogP contribution >= 0.6 is 15.9 Å². The summed E-state index contributed by atoms with van der Waals surface area (Å²) in [5.41, 5.74) is 8.13. The molecular formula is C15H13BrFNO. The minimum absolute atomic E-state index is 0.0567. The lowest BCUT2D eigenvalue weighted by Crippen LogP contribution is -2.24. The van der Waals surface area contributed by atoms with Crippen molar-refractivity contribution < 1.29 is 9.13 Å². The molecule has 3 rings (SSSR count). The summed E-state index contributed by atoms with van der Waals surface area (Å²) in [6, 6.07) is 12.7. The number of fused-ring (bicyclic) bond motifs is 1. The Hall–Kier alpha value is -1.39. The van der Waals surface area contributed by atoms with Crippen LogP contribution in [0, 0.1) is 5.82 Å². The molecule has 2 N–H and O–H groups in total. The molecule has 2 aromatic carbocycles. The molecule has 0 spiro atoms. The van der Waals surface area contributed by atoms with E-state index in [1.807, 2.05) is 24.3 Å². The van der Waals surface area contributed by atoms with Crippen LogP contribution in [0.4, 0.5) is 4.39 Å². The quantitative estimate of drug-likeness (QED) is 0.857. The van der Waals surface area contributed by atoms with Crippen LogP contribution in [0.15, 0.2) is 46.9 Å². The highest BCUT2D eigenvalue weighted by Gasteiger charge is 2.27. The smallest absolute Gasteiger partial charge is 0.137 e. The van der Waals surface area contributed by atoms with E-state index in [1.165, 1.54) is 6.07 Å². The molecule has 2 nitrogen and oxygen atoms in total. The van der Waals surface area contributed by atoms with E-state index in [-0.39, 0.29) is 18.0 Å². The lowest BCUT2D eigenvalue weighted by atomic mass is 9.94. The molecule has 0 aromatic heterocycles. The van der Waals surface area contributed by atoms with Gasteiger partial charge in [-0.25, -0.2) is 4.39 Å². The van der Waals surface area contributed by atoms with Gasteiger partial charge in [0.15, 0.2) is 0 Å². The van der Waals surface area contributed by atoms with Crippen LogP contribution in [-0.2, 0) is 0 Å². The first-order valence-electron chi connectivity index (χ1n) is 6.11. The monoisotopic (exact) mass is 321 g/mol. The van der Waals surface area contributed by atoms with Crippen molar-refractivity contribution >= 4 is 15.9 Å². The molecule has 1 aliphatic rings. The highest BCUT2D eigenvalue weighted by atomic mass is 79.9. The zero-order valence-electron chi connectivity index (χ0n) is 10.1. The topological polar surface area (TPSA) is 35.2 Å². The minimum Gasteiger partial charge on any atom is -0.485 e. The van der Waals surface area contributed by atoms with Gasteiger partial charge in [0, 0.05) is 18.0 Å². The van der Waals surface area contributed by atoms with E-state index in [4.69, 9.17) is 10.5 Å². The second kappa shape index (κ2) is 4.94. The third-order valence-electron chi connectivity index (χ3n) is 3.37. The molecule has 19 heavy (non-hydrogen) atoms. The van der Waals surface area contributed by atoms with Crippen LogP contribution in [0.3, 0.4) is 0 Å². The summed E-state index contributed by atoms with van der Waals surface area (Å²) in [6.45, 7) is 0. The highest BCUT2D eigenvalue weighted by molar-refractivity contribution is 9.10. The number of hydrogen-bond donors (Lipinski definition) is 1. The Morgan fingerprint density at radius 2 is 2.00 bits per heavy atom. The van der Waals surface area contributed by atoms with Gasteiger partial charge in [0.1, 0.15) is 17.7 Å². The summed E-state index contributed by atoms with van der Waals surface area (Å²) >= 11 is 3.20. The molecule has 1 heterocycles. The average molecular weight is 322 g/mol. The Balaban J connectivity index is 1.94. The molecule has 1 unspecified atom stereocenters. The van der Waals surface area contributed by atoms with E-state index < -0.39 is 0 Å². The van der Waals surface area contributed by atoms with E-state index in [0.717, 1.165) is 16.9 Å². The van der Waals surface area contributed by atoms with Crippen molar-refractivity contribution in [1.82, 2.24) is 0 Å². The maximum atomic E-state index is 13.3. The van der Waals surface area contributed by atoms with Crippen LogP contribution in [0.5, 0.6) is 5.75 Å². The van der Waals surface area contributed by atoms with Crippen LogP contribution in [0.25, 0.3) is 0 Å². The molecule has 2 aromatic rings. The van der Waals surface area contributed by atoms with E-state index in [1.54, 1.807) is 12.1 Å². The van der Waals surface area contributed by atoms with Gasteiger partial charge >= 0.3 is 0 Å². The van der Waals surface area contributed by atoms with Crippen molar-refractivity contribution in [3.05, 3.63) is 63.9 Å². The molecule has 0 amide bonds. The lowest BCUT2D eigenvalue weighted by molar-refractivity contribution is 0.161. The van der Waals surface area contributed by atoms with Gasteiger partial charge in [-0.1, -0.05) is 24.3 Å². The molecule has 0 fully saturated rings. The molecule has 4 heteroatoms. The van der Waals surface area contributed by atoms with E-state index >= 15 is 0 Å². The maximum absolute atomic E-state index is 13.3. The van der Waals surface area contributed by atoms with E-state index in [0.29, 0.717) is 10.9 Å². The molecule has 0 saturated heterocycles. The number of ether oxygens (including phenoxy) is 1. The van der Waals surface area contributed by atoms with Gasteiger partial charge in [0.05, 0.1) is 4.47 Å². The Morgan fingerprint density at radius 1 is 1.21 bits per heavy atom. The Morgan fingerprint density at radius 3 is 2.79 bits per heavy atom. The molecule has 0 radical (unpaired) electrons. The number of rotatable bonds is 1. The predicted octanol–water partition coefficient (Wildman–Crippen LogP) is 4.11. The molecule has 0 aliphatic carbocycles. The number of benzene rings is 2. The van der Waals surface area contributed by atoms with Gasteiger partial charge < -0.3 is 10.5 Å². The van der Waals surface area contributed by atoms with Crippen molar-refractivity contribution in [2.75, 3.05) is 0 Å². The second-order valence-corrected chi connectivity index (χ2v) is 5.51. The molecular weight excluding hydrogens is 309 g/mol. The molecule has 98 valence electrons. The van der Waals surface area contributed by atoms with Gasteiger partial charge in [0.25, 0.3) is 0 Å². The van der Waals surface area contributed by atoms with E-state index in [2.05, 4.69) is 15.9 Å². The Labute approximate surface area is 119 Å². The molecule has 2 atom stereocenters. The first kappa shape index (κ1) is 12.6. The largest absolute Gasteiger partial charge is 0.485 e. The van der Waals surface area contributed by atoms with Gasteiger partial charge in [-0.05, 0) is 39.7 Å². The zero-order chi connectivity index (χ0) is 13.4. The SMILES string of the molecule is N[C@H]1CC(c2ccc(F)c(Br)c2)Oc2ccccc21. The zero-order valence-corrected chi connectivity index (χ0v) is 11.7. The van der Waals surface area contributed by atoms with Crippen molar-refractivity contribution in [2.45, 2.75) is 18.6 Å². The number of hydrogen-bond acceptors (Lipinski definition) is 2. The predicted molar refractivity (Wildman–Crippen MR) is 75.5 cm³/mol. The van der Waals surface area contributed by atoms with E-state index in [9.17, 15) is 4.39 Å². The molecule has 1 aliphatic heterocycles. The third-order valence-corrected chi connectivity index (χ3v) is 3.98. The Bertz CT molecular complexity index is 617. The van der Waals surface area contributed by atoms with Gasteiger partial charge in [-0.15, -0.1) is 0 Å². The van der Waals surface area contributed by atoms with Crippen molar-refractivity contribution in [1.29, 1.82) is 0 Å². The minimum atomic E-state index is -0.274. The summed E-state index contributed by atoms with van der Waals surface area (Å²) in [4.78, 5) is 0. The van der Waals surface area contributed by atoms with Gasteiger partial charge in [-0.2, -0.15) is 0 Å². The molecule has 0 bridgehead atoms. The summed E-state index contributed by atoms with van der Waals surface area (Å²) in [6.07, 6.45) is 0.552. The van der Waals surface area contributed by atoms with Gasteiger partial charge in [-0.3, -0.25) is 0 Å². The van der Waals surface area contributed by atoms with Crippen LogP contribution in [0.1, 0.15) is 29.7 Å². The number of nitrogens with two attached hydrogens (primary N) is 1. The average Bonchev–Trinajstić information content (AvgIpc) is 2.42. The summed E-state index contributed by atoms with van der Waals surface area (Å²) < 4.78 is 19.7. The first-order valence-corrected chi connectivity index (χ1v) is 6.90. The fraction of sp³-hybridized carbons (Fsp3) is 0.200. The molecule has 0 saturated carbocycles. The number of halogens is 2. The summed E-state index contributed by atoms with van der Waals surface area (Å²) in [5.74, 6) is 0.538. The van der Waals surface area contributed by atoms with Crippen molar-refractivity contribution in [3.63, 3.8) is 0 Å². The first-order chi connectivity index (χ1) is 9.15. The third kappa shape index (κ3) is 2.38.